The highest BCUT2D eigenvalue weighted by Crippen LogP contribution is 2.20. The Bertz CT molecular complexity index is 351. The van der Waals surface area contributed by atoms with E-state index < -0.39 is 0 Å². The Hall–Kier alpha value is -1.13. The zero-order valence-corrected chi connectivity index (χ0v) is 11.0. The molecule has 0 bridgehead atoms. The summed E-state index contributed by atoms with van der Waals surface area (Å²) in [4.78, 5) is 4.15. The van der Waals surface area contributed by atoms with Crippen molar-refractivity contribution in [1.29, 1.82) is 0 Å². The summed E-state index contributed by atoms with van der Waals surface area (Å²) in [6.07, 6.45) is 5.87. The van der Waals surface area contributed by atoms with Crippen molar-refractivity contribution in [3.63, 3.8) is 0 Å². The first-order valence-corrected chi connectivity index (χ1v) is 6.74. The molecule has 0 spiro atoms. The van der Waals surface area contributed by atoms with Crippen LogP contribution in [-0.4, -0.2) is 31.3 Å². The average Bonchev–Trinajstić information content (AvgIpc) is 2.45. The van der Waals surface area contributed by atoms with Gasteiger partial charge in [-0.15, -0.1) is 0 Å². The van der Waals surface area contributed by atoms with Crippen LogP contribution in [0.25, 0.3) is 0 Å². The van der Waals surface area contributed by atoms with Crippen LogP contribution in [-0.2, 0) is 11.3 Å². The summed E-state index contributed by atoms with van der Waals surface area (Å²) in [5, 5.41) is 3.30. The van der Waals surface area contributed by atoms with Gasteiger partial charge in [-0.25, -0.2) is 0 Å². The number of nitrogens with zero attached hydrogens (tertiary/aromatic N) is 1. The maximum absolute atomic E-state index is 5.94. The molecule has 1 aromatic heterocycles. The molecule has 4 nitrogen and oxygen atoms in total. The summed E-state index contributed by atoms with van der Waals surface area (Å²) >= 11 is 0. The molecule has 100 valence electrons. The van der Waals surface area contributed by atoms with Crippen molar-refractivity contribution in [2.75, 3.05) is 26.4 Å². The lowest BCUT2D eigenvalue weighted by Crippen LogP contribution is -2.22. The molecule has 1 aliphatic rings. The van der Waals surface area contributed by atoms with Crippen molar-refractivity contribution >= 4 is 0 Å². The molecule has 0 saturated carbocycles. The lowest BCUT2D eigenvalue weighted by atomic mass is 10.0. The lowest BCUT2D eigenvalue weighted by molar-refractivity contribution is 0.0496. The Kier molecular flexibility index (Phi) is 5.42. The van der Waals surface area contributed by atoms with Crippen LogP contribution in [0.5, 0.6) is 5.75 Å². The molecule has 1 fully saturated rings. The number of hydrogen-bond acceptors (Lipinski definition) is 4. The van der Waals surface area contributed by atoms with E-state index in [9.17, 15) is 0 Å². The van der Waals surface area contributed by atoms with Crippen molar-refractivity contribution in [3.8, 4) is 5.75 Å². The zero-order valence-electron chi connectivity index (χ0n) is 11.0. The van der Waals surface area contributed by atoms with Gasteiger partial charge in [-0.1, -0.05) is 6.92 Å². The summed E-state index contributed by atoms with van der Waals surface area (Å²) in [6, 6.07) is 1.95. The predicted molar refractivity (Wildman–Crippen MR) is 70.7 cm³/mol. The molecule has 1 aliphatic heterocycles. The van der Waals surface area contributed by atoms with E-state index in [1.807, 2.05) is 12.3 Å². The maximum Gasteiger partial charge on any atom is 0.126 e. The van der Waals surface area contributed by atoms with Crippen LogP contribution < -0.4 is 10.1 Å². The van der Waals surface area contributed by atoms with Gasteiger partial charge in [-0.2, -0.15) is 0 Å². The third-order valence-electron chi connectivity index (χ3n) is 3.24. The fraction of sp³-hybridized carbons (Fsp3) is 0.643. The van der Waals surface area contributed by atoms with Gasteiger partial charge in [-0.05, 0) is 31.4 Å². The number of pyridine rings is 1. The van der Waals surface area contributed by atoms with Crippen molar-refractivity contribution in [1.82, 2.24) is 10.3 Å². The molecule has 2 rings (SSSR count). The molecule has 4 heteroatoms. The van der Waals surface area contributed by atoms with Gasteiger partial charge in [0.15, 0.2) is 0 Å². The first-order chi connectivity index (χ1) is 8.90. The van der Waals surface area contributed by atoms with E-state index in [-0.39, 0.29) is 0 Å². The molecule has 18 heavy (non-hydrogen) atoms. The van der Waals surface area contributed by atoms with Crippen LogP contribution in [0.3, 0.4) is 0 Å². The molecular formula is C14H22N2O2. The molecule has 0 amide bonds. The molecular weight excluding hydrogens is 228 g/mol. The summed E-state index contributed by atoms with van der Waals surface area (Å²) in [5.41, 5.74) is 1.13. The van der Waals surface area contributed by atoms with Gasteiger partial charge >= 0.3 is 0 Å². The topological polar surface area (TPSA) is 43.4 Å². The first kappa shape index (κ1) is 13.3. The smallest absolute Gasteiger partial charge is 0.126 e. The number of rotatable bonds is 6. The highest BCUT2D eigenvalue weighted by Gasteiger charge is 2.15. The summed E-state index contributed by atoms with van der Waals surface area (Å²) in [7, 11) is 0. The maximum atomic E-state index is 5.94. The van der Waals surface area contributed by atoms with Crippen LogP contribution in [0.4, 0.5) is 0 Å². The number of nitrogens with one attached hydrogen (secondary N) is 1. The fourth-order valence-electron chi connectivity index (χ4n) is 2.07. The molecule has 0 atom stereocenters. The van der Waals surface area contributed by atoms with Gasteiger partial charge in [-0.3, -0.25) is 4.98 Å². The summed E-state index contributed by atoms with van der Waals surface area (Å²) in [6.45, 7) is 6.39. The number of aromatic nitrogens is 1. The monoisotopic (exact) mass is 250 g/mol. The first-order valence-electron chi connectivity index (χ1n) is 6.74. The van der Waals surface area contributed by atoms with Crippen molar-refractivity contribution < 1.29 is 9.47 Å². The fourth-order valence-corrected chi connectivity index (χ4v) is 2.07. The lowest BCUT2D eigenvalue weighted by Gasteiger charge is -2.22. The van der Waals surface area contributed by atoms with Gasteiger partial charge in [0.1, 0.15) is 5.75 Å². The molecule has 0 unspecified atom stereocenters. The molecule has 2 heterocycles. The third kappa shape index (κ3) is 3.96. The minimum absolute atomic E-state index is 0.624. The van der Waals surface area contributed by atoms with E-state index in [1.54, 1.807) is 6.20 Å². The normalized spacial score (nSPS) is 16.7. The molecule has 0 aliphatic carbocycles. The quantitative estimate of drug-likeness (QED) is 0.838. The van der Waals surface area contributed by atoms with E-state index in [0.717, 1.165) is 57.1 Å². The van der Waals surface area contributed by atoms with Crippen molar-refractivity contribution in [2.45, 2.75) is 26.3 Å². The Morgan fingerprint density at radius 1 is 1.44 bits per heavy atom. The van der Waals surface area contributed by atoms with E-state index >= 15 is 0 Å². The molecule has 1 aromatic rings. The summed E-state index contributed by atoms with van der Waals surface area (Å²) < 4.78 is 11.3. The predicted octanol–water partition coefficient (Wildman–Crippen LogP) is 2.00. The van der Waals surface area contributed by atoms with Crippen LogP contribution in [0.15, 0.2) is 18.5 Å². The van der Waals surface area contributed by atoms with Crippen LogP contribution in [0.1, 0.15) is 25.3 Å². The minimum Gasteiger partial charge on any atom is -0.493 e. The highest BCUT2D eigenvalue weighted by molar-refractivity contribution is 5.29. The standard InChI is InChI=1S/C14H22N2O2/c1-2-15-9-13-10-16-6-3-14(13)18-11-12-4-7-17-8-5-12/h3,6,10,12,15H,2,4-5,7-9,11H2,1H3. The van der Waals surface area contributed by atoms with Gasteiger partial charge < -0.3 is 14.8 Å². The van der Waals surface area contributed by atoms with Crippen LogP contribution >= 0.6 is 0 Å². The van der Waals surface area contributed by atoms with Crippen molar-refractivity contribution in [2.24, 2.45) is 5.92 Å². The van der Waals surface area contributed by atoms with Gasteiger partial charge in [0.25, 0.3) is 0 Å². The summed E-state index contributed by atoms with van der Waals surface area (Å²) in [5.74, 6) is 1.58. The number of hydrogen-bond donors (Lipinski definition) is 1. The Labute approximate surface area is 109 Å². The molecule has 1 N–H and O–H groups in total. The van der Waals surface area contributed by atoms with Crippen LogP contribution in [0, 0.1) is 5.92 Å². The van der Waals surface area contributed by atoms with Gasteiger partial charge in [0.2, 0.25) is 0 Å². The SMILES string of the molecule is CCNCc1cnccc1OCC1CCOCC1. The Morgan fingerprint density at radius 3 is 3.06 bits per heavy atom. The molecule has 1 saturated heterocycles. The van der Waals surface area contributed by atoms with Gasteiger partial charge in [0, 0.05) is 37.7 Å². The molecule has 0 radical (unpaired) electrons. The van der Waals surface area contributed by atoms with Crippen LogP contribution in [0.2, 0.25) is 0 Å². The third-order valence-corrected chi connectivity index (χ3v) is 3.24. The highest BCUT2D eigenvalue weighted by atomic mass is 16.5. The van der Waals surface area contributed by atoms with E-state index in [1.165, 1.54) is 0 Å². The van der Waals surface area contributed by atoms with Gasteiger partial charge in [0.05, 0.1) is 6.61 Å². The van der Waals surface area contributed by atoms with E-state index in [0.29, 0.717) is 5.92 Å². The zero-order chi connectivity index (χ0) is 12.6. The number of ether oxygens (including phenoxy) is 2. The Balaban J connectivity index is 1.87. The van der Waals surface area contributed by atoms with Crippen molar-refractivity contribution in [3.05, 3.63) is 24.0 Å². The Morgan fingerprint density at radius 2 is 2.28 bits per heavy atom. The second kappa shape index (κ2) is 7.34. The minimum atomic E-state index is 0.624. The van der Waals surface area contributed by atoms with E-state index in [2.05, 4.69) is 17.2 Å². The molecule has 0 aromatic carbocycles. The second-order valence-electron chi connectivity index (χ2n) is 4.63. The largest absolute Gasteiger partial charge is 0.493 e. The second-order valence-corrected chi connectivity index (χ2v) is 4.63. The average molecular weight is 250 g/mol. The van der Waals surface area contributed by atoms with E-state index in [4.69, 9.17) is 9.47 Å².